The Morgan fingerprint density at radius 2 is 2.11 bits per heavy atom. The standard InChI is InChI=1S/C22H33N5/c1-3-23-22(25-14-8-16-27-15-5-4-9-18(27)2)26-17-20-11-6-10-19-12-7-13-24-21(19)20/h6-7,10-13,18H,3-5,8-9,14-17H2,1-2H3,(H2,23,25,26). The van der Waals surface area contributed by atoms with Gasteiger partial charge in [0.1, 0.15) is 0 Å². The van der Waals surface area contributed by atoms with Crippen LogP contribution in [0.1, 0.15) is 45.1 Å². The first kappa shape index (κ1) is 19.6. The van der Waals surface area contributed by atoms with Crippen LogP contribution in [0.25, 0.3) is 10.9 Å². The molecule has 27 heavy (non-hydrogen) atoms. The minimum atomic E-state index is 0.632. The number of aromatic nitrogens is 1. The summed E-state index contributed by atoms with van der Waals surface area (Å²) >= 11 is 0. The SMILES string of the molecule is CCNC(=NCc1cccc2cccnc12)NCCCN1CCCCC1C. The van der Waals surface area contributed by atoms with Gasteiger partial charge < -0.3 is 15.5 Å². The van der Waals surface area contributed by atoms with Gasteiger partial charge in [-0.15, -0.1) is 0 Å². The number of rotatable bonds is 7. The van der Waals surface area contributed by atoms with Crippen molar-refractivity contribution in [1.82, 2.24) is 20.5 Å². The third kappa shape index (κ3) is 5.67. The number of hydrogen-bond donors (Lipinski definition) is 2. The fraction of sp³-hybridized carbons (Fsp3) is 0.545. The van der Waals surface area contributed by atoms with E-state index in [4.69, 9.17) is 4.99 Å². The monoisotopic (exact) mass is 367 g/mol. The molecule has 0 spiro atoms. The molecule has 1 aliphatic heterocycles. The Morgan fingerprint density at radius 3 is 2.96 bits per heavy atom. The minimum Gasteiger partial charge on any atom is -0.357 e. The zero-order chi connectivity index (χ0) is 18.9. The number of pyridine rings is 1. The van der Waals surface area contributed by atoms with E-state index in [9.17, 15) is 0 Å². The summed E-state index contributed by atoms with van der Waals surface area (Å²) in [6.07, 6.45) is 7.07. The molecule has 0 amide bonds. The lowest BCUT2D eigenvalue weighted by Crippen LogP contribution is -2.41. The number of nitrogens with zero attached hydrogens (tertiary/aromatic N) is 3. The lowest BCUT2D eigenvalue weighted by Gasteiger charge is -2.33. The molecule has 0 saturated carbocycles. The fourth-order valence-electron chi connectivity index (χ4n) is 3.78. The number of likely N-dealkylation sites (tertiary alicyclic amines) is 1. The quantitative estimate of drug-likeness (QED) is 0.446. The molecule has 1 fully saturated rings. The van der Waals surface area contributed by atoms with Crippen LogP contribution in [-0.2, 0) is 6.54 Å². The van der Waals surface area contributed by atoms with Crippen molar-refractivity contribution >= 4 is 16.9 Å². The Kier molecular flexibility index (Phi) is 7.45. The van der Waals surface area contributed by atoms with E-state index in [1.165, 1.54) is 37.7 Å². The van der Waals surface area contributed by atoms with Crippen LogP contribution in [0.4, 0.5) is 0 Å². The average Bonchev–Trinajstić information content (AvgIpc) is 2.70. The van der Waals surface area contributed by atoms with Gasteiger partial charge in [-0.1, -0.05) is 30.7 Å². The molecule has 2 N–H and O–H groups in total. The zero-order valence-corrected chi connectivity index (χ0v) is 16.7. The van der Waals surface area contributed by atoms with Gasteiger partial charge in [0.2, 0.25) is 0 Å². The second-order valence-electron chi connectivity index (χ2n) is 7.35. The third-order valence-electron chi connectivity index (χ3n) is 5.32. The summed E-state index contributed by atoms with van der Waals surface area (Å²) in [5, 5.41) is 8.00. The van der Waals surface area contributed by atoms with Crippen LogP contribution in [0.15, 0.2) is 41.5 Å². The van der Waals surface area contributed by atoms with Crippen LogP contribution in [0, 0.1) is 0 Å². The van der Waals surface area contributed by atoms with Crippen LogP contribution in [0.5, 0.6) is 0 Å². The van der Waals surface area contributed by atoms with Crippen LogP contribution in [0.2, 0.25) is 0 Å². The van der Waals surface area contributed by atoms with Gasteiger partial charge in [0.15, 0.2) is 5.96 Å². The second-order valence-corrected chi connectivity index (χ2v) is 7.35. The number of aliphatic imine (C=N–C) groups is 1. The summed E-state index contributed by atoms with van der Waals surface area (Å²) in [5.41, 5.74) is 2.20. The molecular formula is C22H33N5. The molecule has 146 valence electrons. The number of piperidine rings is 1. The van der Waals surface area contributed by atoms with E-state index >= 15 is 0 Å². The molecule has 1 unspecified atom stereocenters. The van der Waals surface area contributed by atoms with Gasteiger partial charge in [0.05, 0.1) is 12.1 Å². The molecule has 2 heterocycles. The van der Waals surface area contributed by atoms with Gasteiger partial charge in [-0.3, -0.25) is 4.98 Å². The van der Waals surface area contributed by atoms with Crippen LogP contribution >= 0.6 is 0 Å². The summed E-state index contributed by atoms with van der Waals surface area (Å²) in [7, 11) is 0. The Balaban J connectivity index is 1.53. The third-order valence-corrected chi connectivity index (χ3v) is 5.32. The maximum absolute atomic E-state index is 4.77. The van der Waals surface area contributed by atoms with E-state index in [1.54, 1.807) is 0 Å². The molecule has 1 saturated heterocycles. The molecule has 1 atom stereocenters. The van der Waals surface area contributed by atoms with Gasteiger partial charge in [0, 0.05) is 37.3 Å². The molecule has 5 heteroatoms. The number of nitrogens with one attached hydrogen (secondary N) is 2. The molecule has 2 aromatic rings. The predicted octanol–water partition coefficient (Wildman–Crippen LogP) is 3.55. The maximum atomic E-state index is 4.77. The highest BCUT2D eigenvalue weighted by Gasteiger charge is 2.17. The van der Waals surface area contributed by atoms with Crippen molar-refractivity contribution in [2.24, 2.45) is 4.99 Å². The van der Waals surface area contributed by atoms with Gasteiger partial charge in [-0.25, -0.2) is 4.99 Å². The van der Waals surface area contributed by atoms with E-state index in [-0.39, 0.29) is 0 Å². The predicted molar refractivity (Wildman–Crippen MR) is 114 cm³/mol. The molecule has 1 aromatic carbocycles. The summed E-state index contributed by atoms with van der Waals surface area (Å²) in [6, 6.07) is 11.1. The lowest BCUT2D eigenvalue weighted by molar-refractivity contribution is 0.159. The van der Waals surface area contributed by atoms with E-state index < -0.39 is 0 Å². The van der Waals surface area contributed by atoms with Crippen molar-refractivity contribution in [3.63, 3.8) is 0 Å². The number of guanidine groups is 1. The van der Waals surface area contributed by atoms with E-state index in [0.717, 1.165) is 42.6 Å². The van der Waals surface area contributed by atoms with Crippen molar-refractivity contribution < 1.29 is 0 Å². The largest absolute Gasteiger partial charge is 0.357 e. The summed E-state index contributed by atoms with van der Waals surface area (Å²) in [4.78, 5) is 11.9. The molecule has 0 aliphatic carbocycles. The Hall–Kier alpha value is -2.14. The highest BCUT2D eigenvalue weighted by atomic mass is 15.2. The van der Waals surface area contributed by atoms with Crippen molar-refractivity contribution in [3.05, 3.63) is 42.1 Å². The first-order valence-corrected chi connectivity index (χ1v) is 10.4. The smallest absolute Gasteiger partial charge is 0.191 e. The molecular weight excluding hydrogens is 334 g/mol. The van der Waals surface area contributed by atoms with Crippen molar-refractivity contribution in [2.45, 2.75) is 52.1 Å². The number of fused-ring (bicyclic) bond motifs is 1. The van der Waals surface area contributed by atoms with E-state index in [1.807, 2.05) is 12.3 Å². The van der Waals surface area contributed by atoms with Crippen molar-refractivity contribution in [3.8, 4) is 0 Å². The first-order chi connectivity index (χ1) is 13.3. The van der Waals surface area contributed by atoms with Crippen LogP contribution in [-0.4, -0.2) is 48.1 Å². The molecule has 5 nitrogen and oxygen atoms in total. The highest BCUT2D eigenvalue weighted by Crippen LogP contribution is 2.17. The normalized spacial score (nSPS) is 18.6. The molecule has 1 aliphatic rings. The number of para-hydroxylation sites is 1. The second kappa shape index (κ2) is 10.3. The zero-order valence-electron chi connectivity index (χ0n) is 16.7. The summed E-state index contributed by atoms with van der Waals surface area (Å²) in [6.45, 7) is 9.32. The van der Waals surface area contributed by atoms with Gasteiger partial charge in [-0.2, -0.15) is 0 Å². The Labute approximate surface area is 163 Å². The van der Waals surface area contributed by atoms with Gasteiger partial charge in [-0.05, 0) is 51.3 Å². The molecule has 1 aromatic heterocycles. The van der Waals surface area contributed by atoms with Crippen molar-refractivity contribution in [1.29, 1.82) is 0 Å². The topological polar surface area (TPSA) is 52.6 Å². The van der Waals surface area contributed by atoms with E-state index in [2.05, 4.69) is 58.6 Å². The fourth-order valence-corrected chi connectivity index (χ4v) is 3.78. The summed E-state index contributed by atoms with van der Waals surface area (Å²) in [5.74, 6) is 0.886. The average molecular weight is 368 g/mol. The first-order valence-electron chi connectivity index (χ1n) is 10.4. The molecule has 0 bridgehead atoms. The Morgan fingerprint density at radius 1 is 1.22 bits per heavy atom. The summed E-state index contributed by atoms with van der Waals surface area (Å²) < 4.78 is 0. The number of benzene rings is 1. The Bertz CT molecular complexity index is 737. The number of hydrogen-bond acceptors (Lipinski definition) is 3. The lowest BCUT2D eigenvalue weighted by atomic mass is 10.0. The highest BCUT2D eigenvalue weighted by molar-refractivity contribution is 5.83. The minimum absolute atomic E-state index is 0.632. The molecule has 3 rings (SSSR count). The van der Waals surface area contributed by atoms with Crippen LogP contribution in [0.3, 0.4) is 0 Å². The maximum Gasteiger partial charge on any atom is 0.191 e. The van der Waals surface area contributed by atoms with Gasteiger partial charge >= 0.3 is 0 Å². The van der Waals surface area contributed by atoms with Crippen LogP contribution < -0.4 is 10.6 Å². The molecule has 0 radical (unpaired) electrons. The van der Waals surface area contributed by atoms with Gasteiger partial charge in [0.25, 0.3) is 0 Å². The van der Waals surface area contributed by atoms with Crippen molar-refractivity contribution in [2.75, 3.05) is 26.2 Å². The van der Waals surface area contributed by atoms with E-state index in [0.29, 0.717) is 6.54 Å².